The molecule has 5 nitrogen and oxygen atoms in total. The van der Waals surface area contributed by atoms with Gasteiger partial charge in [-0.1, -0.05) is 12.1 Å². The summed E-state index contributed by atoms with van der Waals surface area (Å²) in [5.74, 6) is -2.29. The summed E-state index contributed by atoms with van der Waals surface area (Å²) in [7, 11) is 1.76. The second-order valence-electron chi connectivity index (χ2n) is 6.02. The number of hydrogen-bond donors (Lipinski definition) is 1. The standard InChI is InChI=1S/C17H19F2N3O2/c1-9-7-12-15(21-22(3)16(12)10(2)24-9)17(23)20-8-11-5-4-6-13(18)14(11)19/h4-6,9-10H,7-8H2,1-3H3,(H,20,23)/t9-,10+/m1/s1. The molecule has 0 saturated heterocycles. The molecule has 24 heavy (non-hydrogen) atoms. The maximum Gasteiger partial charge on any atom is 0.272 e. The maximum absolute atomic E-state index is 13.7. The van der Waals surface area contributed by atoms with Gasteiger partial charge >= 0.3 is 0 Å². The summed E-state index contributed by atoms with van der Waals surface area (Å²) in [6, 6.07) is 3.88. The molecule has 3 rings (SSSR count). The first kappa shape index (κ1) is 16.6. The number of hydrogen-bond acceptors (Lipinski definition) is 3. The van der Waals surface area contributed by atoms with E-state index in [2.05, 4.69) is 10.4 Å². The van der Waals surface area contributed by atoms with Gasteiger partial charge in [0, 0.05) is 31.1 Å². The lowest BCUT2D eigenvalue weighted by Crippen LogP contribution is -2.27. The molecular weight excluding hydrogens is 316 g/mol. The van der Waals surface area contributed by atoms with Gasteiger partial charge in [-0.05, 0) is 19.9 Å². The normalized spacial score (nSPS) is 19.9. The second kappa shape index (κ2) is 6.32. The van der Waals surface area contributed by atoms with E-state index in [0.29, 0.717) is 12.1 Å². The van der Waals surface area contributed by atoms with E-state index in [1.54, 1.807) is 11.7 Å². The molecule has 1 amide bonds. The van der Waals surface area contributed by atoms with Gasteiger partial charge in [0.1, 0.15) is 0 Å². The Bertz CT molecular complexity index is 788. The lowest BCUT2D eigenvalue weighted by molar-refractivity contribution is -0.00903. The van der Waals surface area contributed by atoms with Crippen LogP contribution < -0.4 is 5.32 Å². The van der Waals surface area contributed by atoms with E-state index >= 15 is 0 Å². The average molecular weight is 335 g/mol. The molecule has 1 aliphatic heterocycles. The molecule has 0 aliphatic carbocycles. The van der Waals surface area contributed by atoms with E-state index in [1.165, 1.54) is 12.1 Å². The Hall–Kier alpha value is -2.28. The van der Waals surface area contributed by atoms with Gasteiger partial charge in [-0.15, -0.1) is 0 Å². The lowest BCUT2D eigenvalue weighted by atomic mass is 9.99. The van der Waals surface area contributed by atoms with E-state index in [0.717, 1.165) is 17.3 Å². The van der Waals surface area contributed by atoms with Crippen LogP contribution in [0.5, 0.6) is 0 Å². The number of amides is 1. The summed E-state index contributed by atoms with van der Waals surface area (Å²) in [4.78, 5) is 12.5. The highest BCUT2D eigenvalue weighted by atomic mass is 19.2. The number of halogens is 2. The van der Waals surface area contributed by atoms with Crippen LogP contribution in [-0.2, 0) is 24.8 Å². The number of nitrogens with zero attached hydrogens (tertiary/aromatic N) is 2. The second-order valence-corrected chi connectivity index (χ2v) is 6.02. The Morgan fingerprint density at radius 2 is 2.17 bits per heavy atom. The summed E-state index contributed by atoms with van der Waals surface area (Å²) in [6.07, 6.45) is 0.428. The fourth-order valence-corrected chi connectivity index (χ4v) is 3.17. The minimum Gasteiger partial charge on any atom is -0.369 e. The van der Waals surface area contributed by atoms with E-state index < -0.39 is 17.5 Å². The van der Waals surface area contributed by atoms with Crippen LogP contribution in [0.15, 0.2) is 18.2 Å². The Balaban J connectivity index is 1.81. The van der Waals surface area contributed by atoms with Gasteiger partial charge in [-0.3, -0.25) is 9.48 Å². The highest BCUT2D eigenvalue weighted by Gasteiger charge is 2.31. The summed E-state index contributed by atoms with van der Waals surface area (Å²) >= 11 is 0. The van der Waals surface area contributed by atoms with Crippen LogP contribution in [0.3, 0.4) is 0 Å². The number of fused-ring (bicyclic) bond motifs is 1. The molecule has 2 heterocycles. The predicted molar refractivity (Wildman–Crippen MR) is 83.4 cm³/mol. The molecule has 1 N–H and O–H groups in total. The van der Waals surface area contributed by atoms with Crippen LogP contribution >= 0.6 is 0 Å². The van der Waals surface area contributed by atoms with Crippen molar-refractivity contribution in [1.82, 2.24) is 15.1 Å². The molecule has 2 aromatic rings. The molecule has 0 bridgehead atoms. The fraction of sp³-hybridized carbons (Fsp3) is 0.412. The summed E-state index contributed by atoms with van der Waals surface area (Å²) in [5.41, 5.74) is 2.13. The molecule has 1 aromatic heterocycles. The van der Waals surface area contributed by atoms with Gasteiger partial charge in [-0.25, -0.2) is 8.78 Å². The molecule has 0 radical (unpaired) electrons. The van der Waals surface area contributed by atoms with Crippen LogP contribution in [0.2, 0.25) is 0 Å². The van der Waals surface area contributed by atoms with Crippen molar-refractivity contribution in [1.29, 1.82) is 0 Å². The van der Waals surface area contributed by atoms with Crippen LogP contribution in [0.1, 0.15) is 47.3 Å². The zero-order chi connectivity index (χ0) is 17.4. The van der Waals surface area contributed by atoms with Gasteiger partial charge in [0.25, 0.3) is 5.91 Å². The minimum absolute atomic E-state index is 0.0103. The Morgan fingerprint density at radius 1 is 1.42 bits per heavy atom. The third kappa shape index (κ3) is 2.91. The average Bonchev–Trinajstić information content (AvgIpc) is 2.85. The van der Waals surface area contributed by atoms with Gasteiger partial charge < -0.3 is 10.1 Å². The topological polar surface area (TPSA) is 56.2 Å². The maximum atomic E-state index is 13.7. The monoisotopic (exact) mass is 335 g/mol. The SMILES string of the molecule is C[C@@H]1Cc2c(C(=O)NCc3cccc(F)c3F)nn(C)c2[C@H](C)O1. The number of ether oxygens (including phenoxy) is 1. The zero-order valence-electron chi connectivity index (χ0n) is 13.8. The van der Waals surface area contributed by atoms with Crippen molar-refractivity contribution in [3.8, 4) is 0 Å². The first-order valence-electron chi connectivity index (χ1n) is 7.80. The van der Waals surface area contributed by atoms with E-state index in [1.807, 2.05) is 13.8 Å². The third-order valence-electron chi connectivity index (χ3n) is 4.19. The summed E-state index contributed by atoms with van der Waals surface area (Å²) in [5, 5.41) is 6.90. The molecule has 0 fully saturated rings. The smallest absolute Gasteiger partial charge is 0.272 e. The third-order valence-corrected chi connectivity index (χ3v) is 4.19. The van der Waals surface area contributed by atoms with Crippen molar-refractivity contribution < 1.29 is 18.3 Å². The van der Waals surface area contributed by atoms with Crippen molar-refractivity contribution in [3.63, 3.8) is 0 Å². The van der Waals surface area contributed by atoms with E-state index in [4.69, 9.17) is 4.74 Å². The number of nitrogens with one attached hydrogen (secondary N) is 1. The van der Waals surface area contributed by atoms with Crippen molar-refractivity contribution in [2.75, 3.05) is 0 Å². The largest absolute Gasteiger partial charge is 0.369 e. The van der Waals surface area contributed by atoms with Gasteiger partial charge in [0.2, 0.25) is 0 Å². The zero-order valence-corrected chi connectivity index (χ0v) is 13.8. The van der Waals surface area contributed by atoms with Gasteiger partial charge in [0.15, 0.2) is 17.3 Å². The van der Waals surface area contributed by atoms with Crippen molar-refractivity contribution >= 4 is 5.91 Å². The predicted octanol–water partition coefficient (Wildman–Crippen LogP) is 2.65. The van der Waals surface area contributed by atoms with Crippen molar-refractivity contribution in [2.24, 2.45) is 7.05 Å². The minimum atomic E-state index is -0.948. The Morgan fingerprint density at radius 3 is 2.92 bits per heavy atom. The number of rotatable bonds is 3. The van der Waals surface area contributed by atoms with Crippen LogP contribution in [0.4, 0.5) is 8.78 Å². The Labute approximate surface area is 138 Å². The van der Waals surface area contributed by atoms with Gasteiger partial charge in [-0.2, -0.15) is 5.10 Å². The molecule has 7 heteroatoms. The Kier molecular flexibility index (Phi) is 4.36. The number of aryl methyl sites for hydroxylation is 1. The highest BCUT2D eigenvalue weighted by molar-refractivity contribution is 5.94. The number of carbonyl (C=O) groups excluding carboxylic acids is 1. The number of aromatic nitrogens is 2. The molecule has 0 spiro atoms. The molecule has 2 atom stereocenters. The number of benzene rings is 1. The lowest BCUT2D eigenvalue weighted by Gasteiger charge is -2.26. The molecule has 128 valence electrons. The first-order chi connectivity index (χ1) is 11.4. The fourth-order valence-electron chi connectivity index (χ4n) is 3.17. The molecular formula is C17H19F2N3O2. The highest BCUT2D eigenvalue weighted by Crippen LogP contribution is 2.31. The van der Waals surface area contributed by atoms with E-state index in [-0.39, 0.29) is 24.3 Å². The van der Waals surface area contributed by atoms with Crippen molar-refractivity contribution in [3.05, 3.63) is 52.3 Å². The number of carbonyl (C=O) groups is 1. The van der Waals surface area contributed by atoms with Crippen LogP contribution in [0, 0.1) is 11.6 Å². The molecule has 0 unspecified atom stereocenters. The van der Waals surface area contributed by atoms with Crippen LogP contribution in [-0.4, -0.2) is 21.8 Å². The quantitative estimate of drug-likeness (QED) is 0.938. The first-order valence-corrected chi connectivity index (χ1v) is 7.80. The van der Waals surface area contributed by atoms with E-state index in [9.17, 15) is 13.6 Å². The van der Waals surface area contributed by atoms with Crippen molar-refractivity contribution in [2.45, 2.75) is 39.0 Å². The molecule has 1 aromatic carbocycles. The summed E-state index contributed by atoms with van der Waals surface area (Å²) in [6.45, 7) is 3.76. The molecule has 1 aliphatic rings. The van der Waals surface area contributed by atoms with Crippen LogP contribution in [0.25, 0.3) is 0 Å². The summed E-state index contributed by atoms with van der Waals surface area (Å²) < 4.78 is 34.3. The molecule has 0 saturated carbocycles. The van der Waals surface area contributed by atoms with Gasteiger partial charge in [0.05, 0.1) is 17.9 Å².